The van der Waals surface area contributed by atoms with E-state index in [1.54, 1.807) is 36.5 Å². The average molecular weight is 494 g/mol. The Morgan fingerprint density at radius 2 is 1.91 bits per heavy atom. The molecule has 4 rings (SSSR count). The maximum atomic E-state index is 14.2. The number of H-pyrrole nitrogens is 1. The number of hydrogen-bond donors (Lipinski definition) is 3. The first-order valence-electron chi connectivity index (χ1n) is 10.7. The number of aliphatic carboxylic acids is 1. The number of pyridine rings is 1. The lowest BCUT2D eigenvalue weighted by Crippen LogP contribution is -2.38. The number of rotatable bonds is 9. The third-order valence-electron chi connectivity index (χ3n) is 5.58. The van der Waals surface area contributed by atoms with Crippen molar-refractivity contribution in [1.82, 2.24) is 25.7 Å². The zero-order chi connectivity index (χ0) is 24.8. The Kier molecular flexibility index (Phi) is 7.47. The van der Waals surface area contributed by atoms with Crippen LogP contribution in [0, 0.1) is 5.82 Å². The molecule has 2 heterocycles. The molecule has 0 aliphatic rings. The van der Waals surface area contributed by atoms with E-state index in [-0.39, 0.29) is 17.9 Å². The summed E-state index contributed by atoms with van der Waals surface area (Å²) >= 11 is 6.01. The van der Waals surface area contributed by atoms with Crippen LogP contribution < -0.4 is 5.32 Å². The van der Waals surface area contributed by atoms with Crippen molar-refractivity contribution in [3.8, 4) is 11.1 Å². The molecule has 2 aromatic heterocycles. The van der Waals surface area contributed by atoms with Gasteiger partial charge in [-0.15, -0.1) is 5.10 Å². The van der Waals surface area contributed by atoms with E-state index in [0.29, 0.717) is 28.1 Å². The first-order chi connectivity index (χ1) is 16.9. The second kappa shape index (κ2) is 10.9. The average Bonchev–Trinajstić information content (AvgIpc) is 3.40. The normalized spacial score (nSPS) is 12.6. The number of nitrogens with zero attached hydrogens (tertiary/aromatic N) is 3. The van der Waals surface area contributed by atoms with E-state index < -0.39 is 23.8 Å². The van der Waals surface area contributed by atoms with Crippen molar-refractivity contribution in [1.29, 1.82) is 0 Å². The molecular formula is C25H21ClFN5O3. The molecule has 0 bridgehead atoms. The SMILES string of the molecule is O=C(NC(Cc1ccc(-c2cc(Cl)ccc2F)cc1)CC(C(=O)O)c1cccnc1)c1cnn[nH]1. The quantitative estimate of drug-likeness (QED) is 0.320. The van der Waals surface area contributed by atoms with Crippen molar-refractivity contribution >= 4 is 23.5 Å². The lowest BCUT2D eigenvalue weighted by molar-refractivity contribution is -0.139. The lowest BCUT2D eigenvalue weighted by Gasteiger charge is -2.22. The molecule has 1 amide bonds. The highest BCUT2D eigenvalue weighted by Gasteiger charge is 2.26. The molecule has 3 N–H and O–H groups in total. The van der Waals surface area contributed by atoms with Crippen LogP contribution in [0.1, 0.15) is 34.0 Å². The predicted molar refractivity (Wildman–Crippen MR) is 127 cm³/mol. The number of carboxylic acid groups (broad SMARTS) is 1. The molecule has 8 nitrogen and oxygen atoms in total. The van der Waals surface area contributed by atoms with Gasteiger partial charge in [0, 0.05) is 29.0 Å². The first kappa shape index (κ1) is 24.0. The molecule has 178 valence electrons. The zero-order valence-corrected chi connectivity index (χ0v) is 19.1. The van der Waals surface area contributed by atoms with Gasteiger partial charge >= 0.3 is 5.97 Å². The highest BCUT2D eigenvalue weighted by atomic mass is 35.5. The fraction of sp³-hybridized carbons (Fsp3) is 0.160. The van der Waals surface area contributed by atoms with Crippen LogP contribution in [0.4, 0.5) is 4.39 Å². The molecule has 0 aliphatic heterocycles. The maximum Gasteiger partial charge on any atom is 0.311 e. The Morgan fingerprint density at radius 1 is 1.11 bits per heavy atom. The summed E-state index contributed by atoms with van der Waals surface area (Å²) in [5.74, 6) is -2.74. The van der Waals surface area contributed by atoms with Gasteiger partial charge in [0.2, 0.25) is 0 Å². The molecular weight excluding hydrogens is 473 g/mol. The lowest BCUT2D eigenvalue weighted by atomic mass is 9.90. The van der Waals surface area contributed by atoms with E-state index in [1.807, 2.05) is 12.1 Å². The molecule has 0 spiro atoms. The van der Waals surface area contributed by atoms with E-state index in [1.165, 1.54) is 24.5 Å². The van der Waals surface area contributed by atoms with Crippen molar-refractivity contribution < 1.29 is 19.1 Å². The van der Waals surface area contributed by atoms with E-state index in [4.69, 9.17) is 11.6 Å². The summed E-state index contributed by atoms with van der Waals surface area (Å²) in [7, 11) is 0. The fourth-order valence-electron chi connectivity index (χ4n) is 3.83. The van der Waals surface area contributed by atoms with Gasteiger partial charge in [-0.05, 0) is 53.8 Å². The molecule has 35 heavy (non-hydrogen) atoms. The second-order valence-corrected chi connectivity index (χ2v) is 8.41. The summed E-state index contributed by atoms with van der Waals surface area (Å²) in [6.45, 7) is 0. The van der Waals surface area contributed by atoms with Crippen LogP contribution in [0.2, 0.25) is 5.02 Å². The monoisotopic (exact) mass is 493 g/mol. The number of hydrogen-bond acceptors (Lipinski definition) is 5. The topological polar surface area (TPSA) is 121 Å². The van der Waals surface area contributed by atoms with Crippen LogP contribution in [-0.2, 0) is 11.2 Å². The van der Waals surface area contributed by atoms with E-state index in [9.17, 15) is 19.1 Å². The molecule has 0 saturated heterocycles. The Morgan fingerprint density at radius 3 is 2.57 bits per heavy atom. The Labute approximate surface area is 205 Å². The number of nitrogens with one attached hydrogen (secondary N) is 2. The molecule has 0 aliphatic carbocycles. The molecule has 2 atom stereocenters. The molecule has 0 saturated carbocycles. The fourth-order valence-corrected chi connectivity index (χ4v) is 4.01. The van der Waals surface area contributed by atoms with Gasteiger partial charge in [0.25, 0.3) is 5.91 Å². The van der Waals surface area contributed by atoms with Crippen molar-refractivity contribution in [2.45, 2.75) is 24.8 Å². The first-order valence-corrected chi connectivity index (χ1v) is 11.1. The summed E-state index contributed by atoms with van der Waals surface area (Å²) in [4.78, 5) is 28.7. The van der Waals surface area contributed by atoms with Crippen molar-refractivity contribution in [3.63, 3.8) is 0 Å². The van der Waals surface area contributed by atoms with Gasteiger partial charge in [0.1, 0.15) is 11.5 Å². The summed E-state index contributed by atoms with van der Waals surface area (Å²) in [6, 6.07) is 14.3. The summed E-state index contributed by atoms with van der Waals surface area (Å²) in [5, 5.41) is 22.8. The summed E-state index contributed by atoms with van der Waals surface area (Å²) in [5.41, 5.74) is 2.56. The van der Waals surface area contributed by atoms with E-state index in [0.717, 1.165) is 5.56 Å². The van der Waals surface area contributed by atoms with Crippen molar-refractivity contribution in [2.24, 2.45) is 0 Å². The maximum absolute atomic E-state index is 14.2. The van der Waals surface area contributed by atoms with Crippen LogP contribution >= 0.6 is 11.6 Å². The van der Waals surface area contributed by atoms with Gasteiger partial charge in [-0.25, -0.2) is 4.39 Å². The number of carboxylic acids is 1. The van der Waals surface area contributed by atoms with E-state index >= 15 is 0 Å². The number of aromatic nitrogens is 4. The molecule has 4 aromatic rings. The van der Waals surface area contributed by atoms with Gasteiger partial charge < -0.3 is 10.4 Å². The molecule has 0 radical (unpaired) electrons. The number of aromatic amines is 1. The smallest absolute Gasteiger partial charge is 0.311 e. The van der Waals surface area contributed by atoms with Gasteiger partial charge in [-0.2, -0.15) is 0 Å². The van der Waals surface area contributed by atoms with Crippen LogP contribution in [0.25, 0.3) is 11.1 Å². The Hall–Kier alpha value is -4.11. The largest absolute Gasteiger partial charge is 0.481 e. The molecule has 0 fully saturated rings. The third kappa shape index (κ3) is 6.07. The van der Waals surface area contributed by atoms with Gasteiger partial charge in [-0.3, -0.25) is 19.7 Å². The zero-order valence-electron chi connectivity index (χ0n) is 18.4. The number of carbonyl (C=O) groups is 2. The second-order valence-electron chi connectivity index (χ2n) is 7.98. The van der Waals surface area contributed by atoms with E-state index in [2.05, 4.69) is 25.7 Å². The highest BCUT2D eigenvalue weighted by Crippen LogP contribution is 2.27. The van der Waals surface area contributed by atoms with Crippen LogP contribution in [-0.4, -0.2) is 43.4 Å². The molecule has 2 unspecified atom stereocenters. The molecule has 10 heteroatoms. The van der Waals surface area contributed by atoms with Gasteiger partial charge in [0.05, 0.1) is 12.1 Å². The minimum absolute atomic E-state index is 0.124. The standard InChI is InChI=1S/C25H21ClFN5O3/c26-18-7-8-22(27)20(11-18)16-5-3-15(4-6-16)10-19(30-24(33)23-14-29-32-31-23)12-21(25(34)35)17-2-1-9-28-13-17/h1-9,11,13-14,19,21H,10,12H2,(H,30,33)(H,34,35)(H,29,31,32). The van der Waals surface area contributed by atoms with Crippen molar-refractivity contribution in [2.75, 3.05) is 0 Å². The third-order valence-corrected chi connectivity index (χ3v) is 5.81. The number of benzene rings is 2. The van der Waals surface area contributed by atoms with Crippen LogP contribution in [0.15, 0.2) is 73.2 Å². The Balaban J connectivity index is 1.57. The van der Waals surface area contributed by atoms with Crippen molar-refractivity contribution in [3.05, 3.63) is 101 Å². The number of halogens is 2. The minimum atomic E-state index is -1.02. The van der Waals surface area contributed by atoms with Crippen LogP contribution in [0.5, 0.6) is 0 Å². The Bertz CT molecular complexity index is 1300. The van der Waals surface area contributed by atoms with Crippen LogP contribution in [0.3, 0.4) is 0 Å². The number of amides is 1. The van der Waals surface area contributed by atoms with Gasteiger partial charge in [-0.1, -0.05) is 47.1 Å². The molecule has 2 aromatic carbocycles. The number of carbonyl (C=O) groups excluding carboxylic acids is 1. The highest BCUT2D eigenvalue weighted by molar-refractivity contribution is 6.30. The summed E-state index contributed by atoms with van der Waals surface area (Å²) < 4.78 is 14.2. The predicted octanol–water partition coefficient (Wildman–Crippen LogP) is 4.26. The van der Waals surface area contributed by atoms with Gasteiger partial charge in [0.15, 0.2) is 0 Å². The minimum Gasteiger partial charge on any atom is -0.481 e. The summed E-state index contributed by atoms with van der Waals surface area (Å²) in [6.07, 6.45) is 4.83.